The van der Waals surface area contributed by atoms with Gasteiger partial charge in [0.25, 0.3) is 11.6 Å². The molecule has 0 bridgehead atoms. The largest absolute Gasteiger partial charge is 0.396 e. The molecule has 3 atom stereocenters. The van der Waals surface area contributed by atoms with Gasteiger partial charge >= 0.3 is 23.8 Å². The number of carbonyl (C=O) groups is 14. The number of hydrogen-bond donors (Lipinski definition) is 10. The lowest BCUT2D eigenvalue weighted by Crippen LogP contribution is -2.30. The maximum absolute atomic E-state index is 10.5. The minimum absolute atomic E-state index is 0.0141. The number of Topliss-reactive ketones (excluding diaryl/α,β-unsaturated/α-hetero) is 10. The van der Waals surface area contributed by atoms with Gasteiger partial charge in [-0.2, -0.15) is 104 Å². The van der Waals surface area contributed by atoms with Gasteiger partial charge in [-0.05, 0) is 62.5 Å². The van der Waals surface area contributed by atoms with Crippen LogP contribution in [0, 0.1) is 151 Å². The molecule has 0 spiro atoms. The van der Waals surface area contributed by atoms with Crippen molar-refractivity contribution < 1.29 is 82.4 Å². The Balaban J connectivity index is -0.0000000779. The lowest BCUT2D eigenvalue weighted by molar-refractivity contribution is -0.121. The van der Waals surface area contributed by atoms with Crippen LogP contribution < -0.4 is 28.3 Å². The zero-order valence-electron chi connectivity index (χ0n) is 59.0. The molecule has 0 radical (unpaired) electrons. The molecule has 12 N–H and O–H groups in total. The number of thioether (sulfide) groups is 1. The number of guanidine groups is 1. The van der Waals surface area contributed by atoms with Crippen molar-refractivity contribution in [3.8, 4) is 60.7 Å². The van der Waals surface area contributed by atoms with E-state index < -0.39 is 71.2 Å². The van der Waals surface area contributed by atoms with Crippen molar-refractivity contribution in [3.63, 3.8) is 0 Å². The number of aliphatic hydroxyl groups excluding tert-OH is 3. The molecule has 0 aliphatic heterocycles. The fourth-order valence-corrected chi connectivity index (χ4v) is 4.58. The number of hydrogen-bond acceptors (Lipinski definition) is 32. The molecular formula is C64H91N19O17S3. The highest BCUT2D eigenvalue weighted by atomic mass is 32.2. The van der Waals surface area contributed by atoms with E-state index in [1.807, 2.05) is 40.9 Å². The number of nitriles is 10. The van der Waals surface area contributed by atoms with Gasteiger partial charge in [-0.1, -0.05) is 60.8 Å². The zero-order valence-corrected chi connectivity index (χ0v) is 61.6. The highest BCUT2D eigenvalue weighted by molar-refractivity contribution is 7.98. The summed E-state index contributed by atoms with van der Waals surface area (Å²) in [6.45, 7) is 33.5. The second kappa shape index (κ2) is 102. The maximum Gasteiger partial charge on any atom is 0.355 e. The van der Waals surface area contributed by atoms with Crippen molar-refractivity contribution in [2.45, 2.75) is 158 Å². The number of primary amides is 1. The minimum atomic E-state index is -1.13. The van der Waals surface area contributed by atoms with Crippen molar-refractivity contribution in [3.05, 3.63) is 34.3 Å². The molecule has 0 aliphatic rings. The molecular weight excluding hydrogens is 1400 g/mol. The molecule has 0 aromatic heterocycles. The Bertz CT molecular complexity index is 3060. The van der Waals surface area contributed by atoms with E-state index in [9.17, 15) is 67.1 Å². The third kappa shape index (κ3) is 156. The standard InChI is InChI=1S/C8H13NO.C7H11NO.C6H10N4O.C6H9N3O2.C6H9NO.C5H8N2O.C5H7NOS.2C4H5NO2.C4H5NOS.C3H3NO2.C3H3NOS.C3H3NO/c1-3-4-7(2)5-8(10)6-9;1-3-6(2)4-7(9)5-8;1-9-5(11)3-2-4-10-6(7)8;1-8-5(10)3-2-4-9-6(7)11;1-5(2)3-6(8)4-7;1-7-5(8)3-2-4-6;1-8-3-2-5(7)4-6;1-3(6)4(7)2-5;5-3-4(7)1-2-6;5-3-4(6)1-2-7;4-1-3(6)2-5;4-1-3(5)2-6;1-3(5)2-4/h7H,3-5H2,1-2H3;6H,3-4H2,1-2H3;2-4H2,(H4,7,8,10);2-4H2,(H3,7,9,11);5H,3H2,1-2H3;2-4,6H2;2-3H2,1H3;3,6H,1H3;6H,1-2H2;7H,1-2H2;5H,2H2;6H,2H2;1H3. The number of nitrogens with two attached hydrogens (primary N) is 4. The summed E-state index contributed by atoms with van der Waals surface area (Å²) >= 11 is 8.84. The van der Waals surface area contributed by atoms with Crippen molar-refractivity contribution in [1.82, 2.24) is 5.32 Å². The van der Waals surface area contributed by atoms with Crippen molar-refractivity contribution in [2.75, 3.05) is 56.4 Å². The van der Waals surface area contributed by atoms with E-state index in [1.165, 1.54) is 50.3 Å². The molecule has 36 nitrogen and oxygen atoms in total. The van der Waals surface area contributed by atoms with Gasteiger partial charge in [-0.25, -0.2) is 4.79 Å². The molecule has 0 saturated carbocycles. The van der Waals surface area contributed by atoms with Crippen molar-refractivity contribution in [1.29, 1.82) is 52.6 Å². The monoisotopic (exact) mass is 1490 g/mol. The van der Waals surface area contributed by atoms with Crippen molar-refractivity contribution in [2.24, 2.45) is 45.7 Å². The lowest BCUT2D eigenvalue weighted by Gasteiger charge is -2.03. The van der Waals surface area contributed by atoms with Crippen LogP contribution in [0.3, 0.4) is 0 Å². The van der Waals surface area contributed by atoms with Crippen LogP contribution in [-0.4, -0.2) is 165 Å². The Morgan fingerprint density at radius 3 is 1.14 bits per heavy atom. The van der Waals surface area contributed by atoms with E-state index in [2.05, 4.69) is 57.0 Å². The van der Waals surface area contributed by atoms with Gasteiger partial charge in [-0.15, -0.1) is 0 Å². The quantitative estimate of drug-likeness (QED) is 0.0123. The SMILES string of the molecule is CC(=O)C#N.CC(C)CC(=O)C#N.CC(O)C(=O)C#N.CCC(C)CC(=O)C#N.CCCC(C)CC(=O)C#N.CSCCC(=O)C#N.N#CC(=O)CCO.N#CC(=O)CCS.N#CC(=O)CO.N#CC(=O)CS.[C-]#[N+]C(=O)CCCN.[C-]#[N+]C(=O)CCCN=C(N)N.[C-]#[N+]C(=O)CCCNC(N)=O. The van der Waals surface area contributed by atoms with Crippen LogP contribution in [0.1, 0.15) is 152 Å². The van der Waals surface area contributed by atoms with Gasteiger partial charge < -0.3 is 58.0 Å². The van der Waals surface area contributed by atoms with Crippen LogP contribution in [0.25, 0.3) is 14.5 Å². The topological polar surface area (TPSA) is 679 Å². The second-order valence-corrected chi connectivity index (χ2v) is 20.5. The average Bonchev–Trinajstić information content (AvgIpc) is 1.73. The molecule has 0 aromatic rings. The Morgan fingerprint density at radius 1 is 0.534 bits per heavy atom. The van der Waals surface area contributed by atoms with E-state index >= 15 is 0 Å². The van der Waals surface area contributed by atoms with Gasteiger partial charge in [0.05, 0.1) is 32.1 Å². The van der Waals surface area contributed by atoms with Crippen LogP contribution in [-0.2, 0) is 62.3 Å². The van der Waals surface area contributed by atoms with Crippen LogP contribution in [0.15, 0.2) is 4.99 Å². The smallest absolute Gasteiger partial charge is 0.355 e. The summed E-state index contributed by atoms with van der Waals surface area (Å²) in [5.74, 6) is -3.74. The summed E-state index contributed by atoms with van der Waals surface area (Å²) in [7, 11) is 0. The van der Waals surface area contributed by atoms with E-state index in [4.69, 9.17) is 111 Å². The normalized spacial score (nSPS) is 8.81. The third-order valence-corrected chi connectivity index (χ3v) is 10.1. The number of thiol groups is 2. The van der Waals surface area contributed by atoms with E-state index in [0.29, 0.717) is 94.5 Å². The molecule has 0 saturated heterocycles. The summed E-state index contributed by atoms with van der Waals surface area (Å²) in [6.07, 6.45) is 7.99. The van der Waals surface area contributed by atoms with Gasteiger partial charge in [0.15, 0.2) is 5.96 Å². The molecule has 0 heterocycles. The van der Waals surface area contributed by atoms with Crippen LogP contribution in [0.4, 0.5) is 4.79 Å². The van der Waals surface area contributed by atoms with E-state index in [-0.39, 0.29) is 67.1 Å². The Hall–Kier alpha value is -11.5. The Kier molecular flexibility index (Phi) is 120. The first-order chi connectivity index (χ1) is 48.2. The zero-order chi connectivity index (χ0) is 83.5. The number of carbonyl (C=O) groups excluding carboxylic acids is 14. The molecule has 39 heteroatoms. The average molecular weight is 1490 g/mol. The summed E-state index contributed by atoms with van der Waals surface area (Å²) < 4.78 is 0. The fourth-order valence-electron chi connectivity index (χ4n) is 3.92. The van der Waals surface area contributed by atoms with Crippen LogP contribution in [0.2, 0.25) is 0 Å². The second-order valence-electron chi connectivity index (χ2n) is 18.7. The summed E-state index contributed by atoms with van der Waals surface area (Å²) in [6, 6.07) is 13.8. The molecule has 103 heavy (non-hydrogen) atoms. The number of aliphatic hydroxyl groups is 3. The first-order valence-corrected chi connectivity index (χ1v) is 32.3. The number of amides is 5. The molecule has 5 amide bonds. The fraction of sp³-hybridized carbons (Fsp3) is 0.562. The summed E-state index contributed by atoms with van der Waals surface area (Å²) in [5.41, 5.74) is 19.9. The molecule has 0 aromatic carbocycles. The molecule has 3 unspecified atom stereocenters. The first kappa shape index (κ1) is 122. The van der Waals surface area contributed by atoms with Crippen molar-refractivity contribution >= 4 is 125 Å². The van der Waals surface area contributed by atoms with Crippen LogP contribution >= 0.6 is 37.0 Å². The van der Waals surface area contributed by atoms with E-state index in [1.54, 1.807) is 36.0 Å². The first-order valence-electron chi connectivity index (χ1n) is 29.6. The molecule has 0 fully saturated rings. The Labute approximate surface area is 616 Å². The highest BCUT2D eigenvalue weighted by Crippen LogP contribution is 2.09. The number of ketones is 10. The number of urea groups is 1. The number of nitrogens with one attached hydrogen (secondary N) is 1. The Morgan fingerprint density at radius 2 is 0.913 bits per heavy atom. The minimum Gasteiger partial charge on any atom is -0.396 e. The maximum atomic E-state index is 10.5. The van der Waals surface area contributed by atoms with Gasteiger partial charge in [-0.3, -0.25) is 52.9 Å². The predicted octanol–water partition coefficient (Wildman–Crippen LogP) is 3.42. The number of aliphatic imine (C=N–C) groups is 1. The molecule has 0 aliphatic carbocycles. The number of nitrogens with zero attached hydrogens (tertiary/aromatic N) is 14. The summed E-state index contributed by atoms with van der Waals surface area (Å²) in [5, 5.41) is 105. The van der Waals surface area contributed by atoms with Gasteiger partial charge in [0.1, 0.15) is 73.4 Å². The molecule has 0 rings (SSSR count). The van der Waals surface area contributed by atoms with Gasteiger partial charge in [0, 0.05) is 83.6 Å². The van der Waals surface area contributed by atoms with Crippen LogP contribution in [0.5, 0.6) is 0 Å². The third-order valence-electron chi connectivity index (χ3n) is 8.96. The summed E-state index contributed by atoms with van der Waals surface area (Å²) in [4.78, 5) is 153. The number of rotatable bonds is 30. The van der Waals surface area contributed by atoms with Gasteiger partial charge in [0.2, 0.25) is 46.3 Å². The predicted molar refractivity (Wildman–Crippen MR) is 380 cm³/mol. The molecule has 562 valence electrons. The van der Waals surface area contributed by atoms with E-state index in [0.717, 1.165) is 25.0 Å². The lowest BCUT2D eigenvalue weighted by atomic mass is 10.0. The highest BCUT2D eigenvalue weighted by Gasteiger charge is 2.08.